The molecule has 1 aromatic rings. The summed E-state index contributed by atoms with van der Waals surface area (Å²) in [6, 6.07) is 3.62. The molecular weight excluding hydrogens is 164 g/mol. The smallest absolute Gasteiger partial charge is 0.121 e. The van der Waals surface area contributed by atoms with Crippen molar-refractivity contribution in [2.75, 3.05) is 6.61 Å². The summed E-state index contributed by atoms with van der Waals surface area (Å²) in [5.41, 5.74) is 1.66. The lowest BCUT2D eigenvalue weighted by Crippen LogP contribution is -1.94. The van der Waals surface area contributed by atoms with Gasteiger partial charge in [0.05, 0.1) is 0 Å². The van der Waals surface area contributed by atoms with Crippen molar-refractivity contribution in [3.8, 4) is 11.5 Å². The molecule has 2 heteroatoms. The van der Waals surface area contributed by atoms with Crippen LogP contribution in [0.2, 0.25) is 0 Å². The number of phenolic OH excluding ortho intramolecular Hbond substituents is 1. The van der Waals surface area contributed by atoms with Gasteiger partial charge in [0.25, 0.3) is 0 Å². The lowest BCUT2D eigenvalue weighted by atomic mass is 10.1. The molecule has 0 amide bonds. The highest BCUT2D eigenvalue weighted by molar-refractivity contribution is 5.44. The molecule has 2 nitrogen and oxygen atoms in total. The minimum Gasteiger partial charge on any atom is -0.507 e. The monoisotopic (exact) mass is 178 g/mol. The van der Waals surface area contributed by atoms with Gasteiger partial charge in [-0.2, -0.15) is 0 Å². The Kier molecular flexibility index (Phi) is 2.96. The molecule has 70 valence electrons. The molecule has 0 bridgehead atoms. The van der Waals surface area contributed by atoms with E-state index in [2.05, 4.69) is 6.58 Å². The zero-order valence-corrected chi connectivity index (χ0v) is 8.00. The Hall–Kier alpha value is -1.44. The number of rotatable bonds is 3. The van der Waals surface area contributed by atoms with Crippen molar-refractivity contribution >= 4 is 0 Å². The number of benzene rings is 1. The van der Waals surface area contributed by atoms with Crippen molar-refractivity contribution in [3.63, 3.8) is 0 Å². The van der Waals surface area contributed by atoms with Gasteiger partial charge in [0.2, 0.25) is 0 Å². The van der Waals surface area contributed by atoms with Gasteiger partial charge in [-0.1, -0.05) is 12.7 Å². The maximum Gasteiger partial charge on any atom is 0.121 e. The summed E-state index contributed by atoms with van der Waals surface area (Å²) in [7, 11) is 0. The van der Waals surface area contributed by atoms with Gasteiger partial charge >= 0.3 is 0 Å². The molecule has 0 aliphatic heterocycles. The Labute approximate surface area is 78.5 Å². The van der Waals surface area contributed by atoms with Crippen LogP contribution in [0.5, 0.6) is 11.5 Å². The Morgan fingerprint density at radius 2 is 1.92 bits per heavy atom. The summed E-state index contributed by atoms with van der Waals surface area (Å²) in [6.45, 7) is 7.75. The summed E-state index contributed by atoms with van der Waals surface area (Å²) < 4.78 is 5.34. The van der Waals surface area contributed by atoms with E-state index in [4.69, 9.17) is 4.74 Å². The van der Waals surface area contributed by atoms with E-state index in [0.29, 0.717) is 12.4 Å². The third-order valence-electron chi connectivity index (χ3n) is 1.83. The lowest BCUT2D eigenvalue weighted by Gasteiger charge is -2.08. The molecule has 0 saturated carbocycles. The summed E-state index contributed by atoms with van der Waals surface area (Å²) in [6.07, 6.45) is 1.69. The van der Waals surface area contributed by atoms with E-state index >= 15 is 0 Å². The molecule has 0 heterocycles. The number of phenols is 1. The molecule has 13 heavy (non-hydrogen) atoms. The van der Waals surface area contributed by atoms with Crippen LogP contribution in [-0.4, -0.2) is 11.7 Å². The lowest BCUT2D eigenvalue weighted by molar-refractivity contribution is 0.361. The van der Waals surface area contributed by atoms with Crippen molar-refractivity contribution in [1.29, 1.82) is 0 Å². The van der Waals surface area contributed by atoms with Crippen LogP contribution in [0.1, 0.15) is 11.1 Å². The quantitative estimate of drug-likeness (QED) is 0.721. The third-order valence-corrected chi connectivity index (χ3v) is 1.83. The number of hydrogen-bond donors (Lipinski definition) is 1. The van der Waals surface area contributed by atoms with Crippen LogP contribution in [0.25, 0.3) is 0 Å². The molecule has 1 N–H and O–H groups in total. The number of ether oxygens (including phenoxy) is 1. The van der Waals surface area contributed by atoms with Gasteiger partial charge in [0.1, 0.15) is 18.1 Å². The van der Waals surface area contributed by atoms with Crippen molar-refractivity contribution in [2.45, 2.75) is 13.8 Å². The van der Waals surface area contributed by atoms with E-state index < -0.39 is 0 Å². The number of aryl methyl sites for hydroxylation is 2. The normalized spacial score (nSPS) is 9.69. The van der Waals surface area contributed by atoms with Crippen LogP contribution in [0, 0.1) is 13.8 Å². The van der Waals surface area contributed by atoms with Crippen molar-refractivity contribution < 1.29 is 9.84 Å². The average Bonchev–Trinajstić information content (AvgIpc) is 2.10. The molecule has 0 atom stereocenters. The second-order valence-electron chi connectivity index (χ2n) is 3.01. The first-order valence-corrected chi connectivity index (χ1v) is 4.19. The van der Waals surface area contributed by atoms with Crippen molar-refractivity contribution in [1.82, 2.24) is 0 Å². The fourth-order valence-corrected chi connectivity index (χ4v) is 1.15. The average molecular weight is 178 g/mol. The third kappa shape index (κ3) is 2.25. The summed E-state index contributed by atoms with van der Waals surface area (Å²) in [5, 5.41) is 9.48. The largest absolute Gasteiger partial charge is 0.507 e. The van der Waals surface area contributed by atoms with Crippen LogP contribution < -0.4 is 4.74 Å². The van der Waals surface area contributed by atoms with Crippen molar-refractivity contribution in [3.05, 3.63) is 35.9 Å². The van der Waals surface area contributed by atoms with Crippen LogP contribution in [0.15, 0.2) is 24.8 Å². The first-order chi connectivity index (χ1) is 6.15. The van der Waals surface area contributed by atoms with Crippen LogP contribution in [0.4, 0.5) is 0 Å². The molecular formula is C11H14O2. The molecule has 0 aromatic heterocycles. The molecule has 1 rings (SSSR count). The summed E-state index contributed by atoms with van der Waals surface area (Å²) >= 11 is 0. The highest BCUT2D eigenvalue weighted by Crippen LogP contribution is 2.26. The highest BCUT2D eigenvalue weighted by atomic mass is 16.5. The predicted octanol–water partition coefficient (Wildman–Crippen LogP) is 2.57. The highest BCUT2D eigenvalue weighted by Gasteiger charge is 2.02. The molecule has 1 aromatic carbocycles. The maximum atomic E-state index is 9.48. The standard InChI is InChI=1S/C11H14O2/c1-4-5-13-10-6-8(2)11(12)9(3)7-10/h4,6-7,12H,1,5H2,2-3H3. The van der Waals surface area contributed by atoms with E-state index in [1.165, 1.54) is 0 Å². The molecule has 0 spiro atoms. The Morgan fingerprint density at radius 1 is 1.38 bits per heavy atom. The van der Waals surface area contributed by atoms with Crippen LogP contribution >= 0.6 is 0 Å². The fraction of sp³-hybridized carbons (Fsp3) is 0.273. The van der Waals surface area contributed by atoms with E-state index in [-0.39, 0.29) is 0 Å². The van der Waals surface area contributed by atoms with Gasteiger partial charge in [0.15, 0.2) is 0 Å². The van der Waals surface area contributed by atoms with Gasteiger partial charge < -0.3 is 9.84 Å². The summed E-state index contributed by atoms with van der Waals surface area (Å²) in [4.78, 5) is 0. The topological polar surface area (TPSA) is 29.5 Å². The van der Waals surface area contributed by atoms with E-state index in [1.807, 2.05) is 26.0 Å². The Morgan fingerprint density at radius 3 is 2.38 bits per heavy atom. The van der Waals surface area contributed by atoms with Crippen LogP contribution in [-0.2, 0) is 0 Å². The maximum absolute atomic E-state index is 9.48. The number of aromatic hydroxyl groups is 1. The molecule has 0 radical (unpaired) electrons. The Bertz CT molecular complexity index is 293. The molecule has 0 saturated heterocycles. The Balaban J connectivity index is 2.92. The first kappa shape index (κ1) is 9.65. The molecule has 0 aliphatic carbocycles. The van der Waals surface area contributed by atoms with Gasteiger partial charge in [-0.25, -0.2) is 0 Å². The second kappa shape index (κ2) is 3.99. The van der Waals surface area contributed by atoms with Crippen LogP contribution in [0.3, 0.4) is 0 Å². The SMILES string of the molecule is C=CCOc1cc(C)c(O)c(C)c1. The minimum absolute atomic E-state index is 0.339. The minimum atomic E-state index is 0.339. The fourth-order valence-electron chi connectivity index (χ4n) is 1.15. The second-order valence-corrected chi connectivity index (χ2v) is 3.01. The van der Waals surface area contributed by atoms with Gasteiger partial charge in [-0.3, -0.25) is 0 Å². The van der Waals surface area contributed by atoms with Gasteiger partial charge in [-0.15, -0.1) is 0 Å². The van der Waals surface area contributed by atoms with E-state index in [9.17, 15) is 5.11 Å². The van der Waals surface area contributed by atoms with Crippen molar-refractivity contribution in [2.24, 2.45) is 0 Å². The molecule has 0 aliphatic rings. The van der Waals surface area contributed by atoms with E-state index in [1.54, 1.807) is 6.08 Å². The zero-order chi connectivity index (χ0) is 9.84. The number of hydrogen-bond acceptors (Lipinski definition) is 2. The first-order valence-electron chi connectivity index (χ1n) is 4.19. The van der Waals surface area contributed by atoms with E-state index in [0.717, 1.165) is 16.9 Å². The summed E-state index contributed by atoms with van der Waals surface area (Å²) in [5.74, 6) is 1.11. The molecule has 0 fully saturated rings. The predicted molar refractivity (Wildman–Crippen MR) is 53.3 cm³/mol. The van der Waals surface area contributed by atoms with Gasteiger partial charge in [-0.05, 0) is 37.1 Å². The molecule has 0 unspecified atom stereocenters. The van der Waals surface area contributed by atoms with Gasteiger partial charge in [0, 0.05) is 0 Å². The zero-order valence-electron chi connectivity index (χ0n) is 8.00.